The van der Waals surface area contributed by atoms with Crippen molar-refractivity contribution >= 4 is 10.4 Å². The third-order valence-corrected chi connectivity index (χ3v) is 2.93. The number of halogens is 1. The van der Waals surface area contributed by atoms with Crippen LogP contribution in [-0.2, 0) is 15.1 Å². The van der Waals surface area contributed by atoms with Crippen LogP contribution in [0.15, 0.2) is 0 Å². The molecule has 0 aromatic heterocycles. The lowest BCUT2D eigenvalue weighted by Crippen LogP contribution is -2.41. The molecule has 0 aliphatic carbocycles. The van der Waals surface area contributed by atoms with Crippen LogP contribution in [0.1, 0.15) is 12.8 Å². The van der Waals surface area contributed by atoms with Crippen molar-refractivity contribution in [2.45, 2.75) is 18.9 Å². The Balaban J connectivity index is 2.58. The third-order valence-electron chi connectivity index (χ3n) is 1.98. The summed E-state index contributed by atoms with van der Waals surface area (Å²) in [4.78, 5) is 0. The summed E-state index contributed by atoms with van der Waals surface area (Å²) in [5.74, 6) is 0. The number of nitrogens with zero attached hydrogens (tertiary/aromatic N) is 1. The van der Waals surface area contributed by atoms with Gasteiger partial charge in [0.05, 0.1) is 6.10 Å². The second kappa shape index (κ2) is 3.68. The molecule has 0 saturated carbocycles. The van der Waals surface area contributed by atoms with Crippen LogP contribution in [0.25, 0.3) is 0 Å². The summed E-state index contributed by atoms with van der Waals surface area (Å²) in [5.41, 5.74) is 0. The van der Waals surface area contributed by atoms with Gasteiger partial charge in [0.1, 0.15) is 0 Å². The maximum atomic E-state index is 12.4. The molecule has 0 amide bonds. The fourth-order valence-electron chi connectivity index (χ4n) is 1.30. The highest BCUT2D eigenvalue weighted by atomic mass is 32.3. The van der Waals surface area contributed by atoms with Crippen molar-refractivity contribution < 1.29 is 17.0 Å². The molecule has 0 bridgehead atoms. The van der Waals surface area contributed by atoms with E-state index >= 15 is 0 Å². The van der Waals surface area contributed by atoms with Crippen LogP contribution in [-0.4, -0.2) is 39.0 Å². The molecule has 1 unspecified atom stereocenters. The minimum atomic E-state index is -4.52. The summed E-state index contributed by atoms with van der Waals surface area (Å²) in [6.45, 7) is 0.397. The van der Waals surface area contributed by atoms with Gasteiger partial charge in [-0.15, -0.1) is 0 Å². The molecule has 0 N–H and O–H groups in total. The second-order valence-electron chi connectivity index (χ2n) is 2.80. The predicted octanol–water partition coefficient (Wildman–Crippen LogP) is 0.312. The first-order valence-corrected chi connectivity index (χ1v) is 5.10. The Bertz CT molecular complexity index is 241. The van der Waals surface area contributed by atoms with Crippen molar-refractivity contribution in [1.29, 1.82) is 0 Å². The van der Waals surface area contributed by atoms with Gasteiger partial charge in [0, 0.05) is 20.2 Å². The SMILES string of the molecule is COC1CCCN(S(=O)(=O)F)C1. The monoisotopic (exact) mass is 197 g/mol. The summed E-state index contributed by atoms with van der Waals surface area (Å²) in [7, 11) is -3.02. The van der Waals surface area contributed by atoms with Crippen molar-refractivity contribution in [2.75, 3.05) is 20.2 Å². The Morgan fingerprint density at radius 2 is 2.25 bits per heavy atom. The predicted molar refractivity (Wildman–Crippen MR) is 41.6 cm³/mol. The Morgan fingerprint density at radius 3 is 2.75 bits per heavy atom. The van der Waals surface area contributed by atoms with Crippen molar-refractivity contribution in [3.8, 4) is 0 Å². The molecule has 0 spiro atoms. The minimum Gasteiger partial charge on any atom is -0.380 e. The average Bonchev–Trinajstić information content (AvgIpc) is 2.03. The number of ether oxygens (including phenoxy) is 1. The number of methoxy groups -OCH3 is 1. The van der Waals surface area contributed by atoms with Gasteiger partial charge in [0.15, 0.2) is 0 Å². The number of hydrogen-bond acceptors (Lipinski definition) is 3. The topological polar surface area (TPSA) is 46.6 Å². The van der Waals surface area contributed by atoms with Crippen molar-refractivity contribution in [3.05, 3.63) is 0 Å². The molecule has 1 aliphatic heterocycles. The molecule has 0 aromatic carbocycles. The highest BCUT2D eigenvalue weighted by molar-refractivity contribution is 7.83. The molecule has 12 heavy (non-hydrogen) atoms. The molecule has 1 saturated heterocycles. The van der Waals surface area contributed by atoms with E-state index in [1.54, 1.807) is 0 Å². The Morgan fingerprint density at radius 1 is 1.58 bits per heavy atom. The summed E-state index contributed by atoms with van der Waals surface area (Å²) < 4.78 is 39.1. The van der Waals surface area contributed by atoms with E-state index < -0.39 is 10.4 Å². The summed E-state index contributed by atoms with van der Waals surface area (Å²) in [6, 6.07) is 0. The van der Waals surface area contributed by atoms with Crippen LogP contribution in [0.4, 0.5) is 3.89 Å². The van der Waals surface area contributed by atoms with Gasteiger partial charge in [-0.1, -0.05) is 3.89 Å². The highest BCUT2D eigenvalue weighted by Crippen LogP contribution is 2.16. The lowest BCUT2D eigenvalue weighted by molar-refractivity contribution is 0.0558. The number of piperidine rings is 1. The van der Waals surface area contributed by atoms with Gasteiger partial charge < -0.3 is 4.74 Å². The Kier molecular flexibility index (Phi) is 3.03. The summed E-state index contributed by atoms with van der Waals surface area (Å²) in [6.07, 6.45) is 1.29. The van der Waals surface area contributed by atoms with E-state index in [-0.39, 0.29) is 19.2 Å². The quantitative estimate of drug-likeness (QED) is 0.599. The van der Waals surface area contributed by atoms with E-state index in [0.29, 0.717) is 6.42 Å². The molecular formula is C6H12FNO3S. The van der Waals surface area contributed by atoms with Crippen LogP contribution < -0.4 is 0 Å². The van der Waals surface area contributed by atoms with E-state index in [0.717, 1.165) is 10.7 Å². The maximum absolute atomic E-state index is 12.4. The zero-order valence-corrected chi connectivity index (χ0v) is 7.68. The Labute approximate surface area is 71.7 Å². The number of rotatable bonds is 2. The van der Waals surface area contributed by atoms with Crippen molar-refractivity contribution in [2.24, 2.45) is 0 Å². The smallest absolute Gasteiger partial charge is 0.374 e. The fourth-order valence-corrected chi connectivity index (χ4v) is 1.99. The molecular weight excluding hydrogens is 185 g/mol. The van der Waals surface area contributed by atoms with Gasteiger partial charge in [0.25, 0.3) is 0 Å². The first-order valence-electron chi connectivity index (χ1n) is 3.76. The van der Waals surface area contributed by atoms with E-state index in [9.17, 15) is 12.3 Å². The van der Waals surface area contributed by atoms with E-state index in [2.05, 4.69) is 0 Å². The first kappa shape index (κ1) is 9.88. The van der Waals surface area contributed by atoms with Crippen molar-refractivity contribution in [1.82, 2.24) is 4.31 Å². The lowest BCUT2D eigenvalue weighted by atomic mass is 10.1. The molecule has 72 valence electrons. The zero-order valence-electron chi connectivity index (χ0n) is 6.86. The van der Waals surface area contributed by atoms with Crippen LogP contribution in [0.3, 0.4) is 0 Å². The van der Waals surface area contributed by atoms with Crippen LogP contribution in [0.5, 0.6) is 0 Å². The van der Waals surface area contributed by atoms with Crippen LogP contribution in [0, 0.1) is 0 Å². The van der Waals surface area contributed by atoms with Gasteiger partial charge in [-0.25, -0.2) is 0 Å². The molecule has 1 atom stereocenters. The van der Waals surface area contributed by atoms with Crippen LogP contribution >= 0.6 is 0 Å². The summed E-state index contributed by atoms with van der Waals surface area (Å²) in [5, 5.41) is 0. The van der Waals surface area contributed by atoms with Gasteiger partial charge in [0.2, 0.25) is 0 Å². The third kappa shape index (κ3) is 2.40. The largest absolute Gasteiger partial charge is 0.380 e. The zero-order chi connectivity index (χ0) is 9.19. The molecule has 1 fully saturated rings. The second-order valence-corrected chi connectivity index (χ2v) is 4.14. The molecule has 6 heteroatoms. The van der Waals surface area contributed by atoms with Gasteiger partial charge in [-0.2, -0.15) is 12.7 Å². The maximum Gasteiger partial charge on any atom is 0.374 e. The van der Waals surface area contributed by atoms with Crippen molar-refractivity contribution in [3.63, 3.8) is 0 Å². The molecule has 4 nitrogen and oxygen atoms in total. The lowest BCUT2D eigenvalue weighted by Gasteiger charge is -2.27. The summed E-state index contributed by atoms with van der Waals surface area (Å²) >= 11 is 0. The van der Waals surface area contributed by atoms with E-state index in [4.69, 9.17) is 4.74 Å². The normalized spacial score (nSPS) is 27.3. The molecule has 0 aromatic rings. The molecule has 1 heterocycles. The molecule has 1 rings (SSSR count). The average molecular weight is 197 g/mol. The highest BCUT2D eigenvalue weighted by Gasteiger charge is 2.28. The minimum absolute atomic E-state index is 0.134. The molecule has 0 radical (unpaired) electrons. The first-order chi connectivity index (χ1) is 5.54. The Hall–Kier alpha value is -0.200. The van der Waals surface area contributed by atoms with Crippen LogP contribution in [0.2, 0.25) is 0 Å². The van der Waals surface area contributed by atoms with Gasteiger partial charge in [-0.3, -0.25) is 0 Å². The van der Waals surface area contributed by atoms with Gasteiger partial charge >= 0.3 is 10.4 Å². The van der Waals surface area contributed by atoms with E-state index in [1.165, 1.54) is 7.11 Å². The van der Waals surface area contributed by atoms with Gasteiger partial charge in [-0.05, 0) is 12.8 Å². The standard InChI is InChI=1S/C6H12FNO3S/c1-11-6-3-2-4-8(5-6)12(7,9)10/h6H,2-5H2,1H3. The fraction of sp³-hybridized carbons (Fsp3) is 1.00. The molecule has 1 aliphatic rings. The van der Waals surface area contributed by atoms with E-state index in [1.807, 2.05) is 0 Å². The number of hydrogen-bond donors (Lipinski definition) is 0.